The van der Waals surface area contributed by atoms with E-state index in [0.717, 1.165) is 17.2 Å². The van der Waals surface area contributed by atoms with Crippen molar-refractivity contribution in [1.29, 1.82) is 0 Å². The smallest absolute Gasteiger partial charge is 0.255 e. The predicted molar refractivity (Wildman–Crippen MR) is 84.4 cm³/mol. The van der Waals surface area contributed by atoms with E-state index in [2.05, 4.69) is 23.2 Å². The molecule has 0 aliphatic carbocycles. The minimum Gasteiger partial charge on any atom is -0.376 e. The van der Waals surface area contributed by atoms with Gasteiger partial charge in [0.2, 0.25) is 0 Å². The molecule has 0 amide bonds. The number of rotatable bonds is 5. The number of aromatic amines is 1. The molecule has 1 aromatic heterocycles. The van der Waals surface area contributed by atoms with Gasteiger partial charge >= 0.3 is 0 Å². The van der Waals surface area contributed by atoms with Crippen molar-refractivity contribution in [2.24, 2.45) is 0 Å². The molecule has 3 rings (SSSR count). The Morgan fingerprint density at radius 3 is 2.67 bits per heavy atom. The number of nitrogens with one attached hydrogen (secondary N) is 1. The van der Waals surface area contributed by atoms with Crippen LogP contribution in [0.25, 0.3) is 10.8 Å². The Morgan fingerprint density at radius 1 is 0.952 bits per heavy atom. The van der Waals surface area contributed by atoms with Gasteiger partial charge in [-0.15, -0.1) is 0 Å². The van der Waals surface area contributed by atoms with Crippen LogP contribution in [0.4, 0.5) is 0 Å². The number of H-pyrrole nitrogens is 1. The first-order chi connectivity index (χ1) is 10.3. The van der Waals surface area contributed by atoms with Gasteiger partial charge < -0.3 is 9.72 Å². The summed E-state index contributed by atoms with van der Waals surface area (Å²) >= 11 is 0. The van der Waals surface area contributed by atoms with Crippen LogP contribution in [-0.2, 0) is 17.8 Å². The van der Waals surface area contributed by atoms with Crippen LogP contribution < -0.4 is 5.56 Å². The van der Waals surface area contributed by atoms with E-state index in [1.807, 2.05) is 36.4 Å². The van der Waals surface area contributed by atoms with Crippen molar-refractivity contribution in [3.8, 4) is 0 Å². The van der Waals surface area contributed by atoms with E-state index in [-0.39, 0.29) is 5.56 Å². The number of aromatic nitrogens is 1. The van der Waals surface area contributed by atoms with Gasteiger partial charge in [-0.3, -0.25) is 4.79 Å². The normalized spacial score (nSPS) is 10.9. The second kappa shape index (κ2) is 6.37. The molecule has 21 heavy (non-hydrogen) atoms. The van der Waals surface area contributed by atoms with Crippen LogP contribution in [-0.4, -0.2) is 11.6 Å². The molecule has 0 aliphatic heterocycles. The van der Waals surface area contributed by atoms with Gasteiger partial charge in [-0.1, -0.05) is 42.5 Å². The van der Waals surface area contributed by atoms with Crippen molar-refractivity contribution in [2.75, 3.05) is 6.61 Å². The van der Waals surface area contributed by atoms with E-state index in [4.69, 9.17) is 4.74 Å². The minimum absolute atomic E-state index is 0.0422. The van der Waals surface area contributed by atoms with Gasteiger partial charge in [-0.2, -0.15) is 0 Å². The van der Waals surface area contributed by atoms with Crippen LogP contribution >= 0.6 is 0 Å². The molecule has 0 saturated heterocycles. The van der Waals surface area contributed by atoms with E-state index in [1.165, 1.54) is 11.1 Å². The molecule has 3 nitrogen and oxygen atoms in total. The number of hydrogen-bond donors (Lipinski definition) is 1. The molecule has 0 fully saturated rings. The monoisotopic (exact) mass is 279 g/mol. The third-order valence-corrected chi connectivity index (χ3v) is 3.48. The predicted octanol–water partition coefficient (Wildman–Crippen LogP) is 3.29. The molecule has 106 valence electrons. The number of hydrogen-bond acceptors (Lipinski definition) is 2. The fourth-order valence-electron chi connectivity index (χ4n) is 2.35. The average molecular weight is 279 g/mol. The Morgan fingerprint density at radius 2 is 1.81 bits per heavy atom. The summed E-state index contributed by atoms with van der Waals surface area (Å²) in [5.41, 5.74) is 2.32. The Hall–Kier alpha value is -2.39. The van der Waals surface area contributed by atoms with Crippen LogP contribution in [0.1, 0.15) is 11.1 Å². The maximum atomic E-state index is 11.6. The summed E-state index contributed by atoms with van der Waals surface area (Å²) in [6.45, 7) is 1.30. The van der Waals surface area contributed by atoms with Crippen LogP contribution in [0.15, 0.2) is 65.6 Å². The van der Waals surface area contributed by atoms with Gasteiger partial charge in [-0.05, 0) is 35.1 Å². The standard InChI is InChI=1S/C18H17NO2/c20-18-17-7-6-14(12-16(17)8-10-19-18)9-11-21-13-15-4-2-1-3-5-15/h1-8,10,12H,9,11,13H2,(H,19,20). The van der Waals surface area contributed by atoms with Gasteiger partial charge in [0, 0.05) is 11.6 Å². The number of ether oxygens (including phenoxy) is 1. The first-order valence-electron chi connectivity index (χ1n) is 7.05. The van der Waals surface area contributed by atoms with Crippen molar-refractivity contribution < 1.29 is 4.74 Å². The average Bonchev–Trinajstić information content (AvgIpc) is 2.53. The SMILES string of the molecule is O=c1[nH]ccc2cc(CCOCc3ccccc3)ccc12. The maximum Gasteiger partial charge on any atom is 0.255 e. The van der Waals surface area contributed by atoms with Crippen LogP contribution in [0.2, 0.25) is 0 Å². The van der Waals surface area contributed by atoms with E-state index in [9.17, 15) is 4.79 Å². The lowest BCUT2D eigenvalue weighted by Gasteiger charge is -2.05. The van der Waals surface area contributed by atoms with Gasteiger partial charge in [0.15, 0.2) is 0 Å². The summed E-state index contributed by atoms with van der Waals surface area (Å²) in [6, 6.07) is 18.0. The molecule has 1 N–H and O–H groups in total. The third kappa shape index (κ3) is 3.38. The molecule has 0 radical (unpaired) electrons. The van der Waals surface area contributed by atoms with Crippen molar-refractivity contribution in [3.05, 3.63) is 82.3 Å². The third-order valence-electron chi connectivity index (χ3n) is 3.48. The molecule has 0 spiro atoms. The lowest BCUT2D eigenvalue weighted by Crippen LogP contribution is -2.05. The van der Waals surface area contributed by atoms with Crippen molar-refractivity contribution in [1.82, 2.24) is 4.98 Å². The highest BCUT2D eigenvalue weighted by molar-refractivity contribution is 5.81. The Balaban J connectivity index is 1.59. The molecule has 0 bridgehead atoms. The summed E-state index contributed by atoms with van der Waals surface area (Å²) in [6.07, 6.45) is 2.52. The maximum absolute atomic E-state index is 11.6. The van der Waals surface area contributed by atoms with Crippen molar-refractivity contribution in [2.45, 2.75) is 13.0 Å². The summed E-state index contributed by atoms with van der Waals surface area (Å²) in [5, 5.41) is 1.70. The molecule has 0 aliphatic rings. The zero-order valence-electron chi connectivity index (χ0n) is 11.7. The fraction of sp³-hybridized carbons (Fsp3) is 0.167. The Kier molecular flexibility index (Phi) is 4.12. The second-order valence-corrected chi connectivity index (χ2v) is 5.02. The largest absolute Gasteiger partial charge is 0.376 e. The molecule has 3 aromatic rings. The number of fused-ring (bicyclic) bond motifs is 1. The highest BCUT2D eigenvalue weighted by atomic mass is 16.5. The van der Waals surface area contributed by atoms with Gasteiger partial charge in [-0.25, -0.2) is 0 Å². The Bertz CT molecular complexity index is 778. The lowest BCUT2D eigenvalue weighted by atomic mass is 10.1. The van der Waals surface area contributed by atoms with E-state index in [0.29, 0.717) is 13.2 Å². The highest BCUT2D eigenvalue weighted by Crippen LogP contribution is 2.12. The molecular weight excluding hydrogens is 262 g/mol. The quantitative estimate of drug-likeness (QED) is 0.728. The van der Waals surface area contributed by atoms with Gasteiger partial charge in [0.05, 0.1) is 13.2 Å². The molecule has 0 unspecified atom stereocenters. The molecule has 0 saturated carbocycles. The van der Waals surface area contributed by atoms with Crippen LogP contribution in [0.5, 0.6) is 0 Å². The minimum atomic E-state index is -0.0422. The molecule has 3 heteroatoms. The molecule has 1 heterocycles. The van der Waals surface area contributed by atoms with E-state index in [1.54, 1.807) is 6.20 Å². The first-order valence-corrected chi connectivity index (χ1v) is 7.05. The molecule has 0 atom stereocenters. The van der Waals surface area contributed by atoms with Gasteiger partial charge in [0.1, 0.15) is 0 Å². The Labute approximate surface area is 123 Å². The van der Waals surface area contributed by atoms with Gasteiger partial charge in [0.25, 0.3) is 5.56 Å². The highest BCUT2D eigenvalue weighted by Gasteiger charge is 2.00. The first kappa shape index (κ1) is 13.6. The molecular formula is C18H17NO2. The van der Waals surface area contributed by atoms with Crippen LogP contribution in [0.3, 0.4) is 0 Å². The number of benzene rings is 2. The van der Waals surface area contributed by atoms with Crippen LogP contribution in [0, 0.1) is 0 Å². The van der Waals surface area contributed by atoms with Crippen molar-refractivity contribution in [3.63, 3.8) is 0 Å². The van der Waals surface area contributed by atoms with E-state index >= 15 is 0 Å². The topological polar surface area (TPSA) is 42.1 Å². The summed E-state index contributed by atoms with van der Waals surface area (Å²) in [7, 11) is 0. The summed E-state index contributed by atoms with van der Waals surface area (Å²) in [5.74, 6) is 0. The number of pyridine rings is 1. The zero-order chi connectivity index (χ0) is 14.5. The summed E-state index contributed by atoms with van der Waals surface area (Å²) in [4.78, 5) is 14.3. The van der Waals surface area contributed by atoms with E-state index < -0.39 is 0 Å². The zero-order valence-corrected chi connectivity index (χ0v) is 11.7. The van der Waals surface area contributed by atoms with Crippen molar-refractivity contribution >= 4 is 10.8 Å². The fourth-order valence-corrected chi connectivity index (χ4v) is 2.35. The molecule has 2 aromatic carbocycles. The summed E-state index contributed by atoms with van der Waals surface area (Å²) < 4.78 is 5.69. The lowest BCUT2D eigenvalue weighted by molar-refractivity contribution is 0.124. The second-order valence-electron chi connectivity index (χ2n) is 5.02.